The van der Waals surface area contributed by atoms with Gasteiger partial charge in [0.1, 0.15) is 11.7 Å². The highest BCUT2D eigenvalue weighted by Gasteiger charge is 2.44. The van der Waals surface area contributed by atoms with Gasteiger partial charge in [-0.15, -0.1) is 0 Å². The average Bonchev–Trinajstić information content (AvgIpc) is 2.86. The number of ether oxygens (including phenoxy) is 1. The number of carbonyl (C=O) groups excluding carboxylic acids is 1. The second-order valence-corrected chi connectivity index (χ2v) is 5.28. The lowest BCUT2D eigenvalue weighted by Crippen LogP contribution is -2.34. The Morgan fingerprint density at radius 3 is 2.52 bits per heavy atom. The van der Waals surface area contributed by atoms with Crippen LogP contribution in [0.3, 0.4) is 0 Å². The maximum atomic E-state index is 12.6. The summed E-state index contributed by atoms with van der Waals surface area (Å²) in [7, 11) is 1.53. The number of hydrogen-bond acceptors (Lipinski definition) is 5. The van der Waals surface area contributed by atoms with E-state index in [0.29, 0.717) is 23.6 Å². The third-order valence-corrected chi connectivity index (χ3v) is 4.04. The first-order chi connectivity index (χ1) is 11.1. The zero-order chi connectivity index (χ0) is 17.0. The third-order valence-electron chi connectivity index (χ3n) is 4.04. The summed E-state index contributed by atoms with van der Waals surface area (Å²) in [4.78, 5) is 12.6. The summed E-state index contributed by atoms with van der Waals surface area (Å²) in [6, 6.07) is 11.2. The van der Waals surface area contributed by atoms with E-state index in [0.717, 1.165) is 0 Å². The highest BCUT2D eigenvalue weighted by atomic mass is 16.5. The first-order valence-corrected chi connectivity index (χ1v) is 7.37. The molecule has 2 rings (SSSR count). The molecule has 2 atom stereocenters. The van der Waals surface area contributed by atoms with Crippen molar-refractivity contribution >= 4 is 11.6 Å². The van der Waals surface area contributed by atoms with Gasteiger partial charge in [0.25, 0.3) is 5.91 Å². The van der Waals surface area contributed by atoms with Crippen molar-refractivity contribution in [3.8, 4) is 17.9 Å². The van der Waals surface area contributed by atoms with Crippen molar-refractivity contribution in [2.75, 3.05) is 13.7 Å². The lowest BCUT2D eigenvalue weighted by Gasteiger charge is -2.25. The van der Waals surface area contributed by atoms with Crippen LogP contribution in [0, 0.1) is 34.5 Å². The van der Waals surface area contributed by atoms with Crippen molar-refractivity contribution < 1.29 is 9.53 Å². The second kappa shape index (κ2) is 6.93. The predicted molar refractivity (Wildman–Crippen MR) is 84.4 cm³/mol. The van der Waals surface area contributed by atoms with E-state index in [1.807, 2.05) is 25.1 Å². The summed E-state index contributed by atoms with van der Waals surface area (Å²) in [5.41, 5.74) is 1.29. The van der Waals surface area contributed by atoms with Crippen LogP contribution in [0.4, 0.5) is 0 Å². The number of rotatable bonds is 5. The van der Waals surface area contributed by atoms with Crippen LogP contribution in [0.15, 0.2) is 29.4 Å². The molecule has 1 amide bonds. The quantitative estimate of drug-likeness (QED) is 0.834. The Kier molecular flexibility index (Phi) is 4.98. The molecule has 0 unspecified atom stereocenters. The zero-order valence-corrected chi connectivity index (χ0v) is 13.4. The average molecular weight is 310 g/mol. The maximum absolute atomic E-state index is 12.6. The maximum Gasteiger partial charge on any atom is 0.252 e. The highest BCUT2D eigenvalue weighted by molar-refractivity contribution is 6.07. The summed E-state index contributed by atoms with van der Waals surface area (Å²) in [5.74, 6) is -1.84. The van der Waals surface area contributed by atoms with Gasteiger partial charge >= 0.3 is 0 Å². The number of hydrazone groups is 1. The van der Waals surface area contributed by atoms with Crippen LogP contribution in [0.25, 0.3) is 0 Å². The monoisotopic (exact) mass is 310 g/mol. The topological polar surface area (TPSA) is 89.5 Å². The van der Waals surface area contributed by atoms with Gasteiger partial charge in [0.15, 0.2) is 0 Å². The number of nitrogens with zero attached hydrogens (tertiary/aromatic N) is 4. The van der Waals surface area contributed by atoms with Crippen LogP contribution in [0.2, 0.25) is 0 Å². The number of methoxy groups -OCH3 is 1. The Balaban J connectivity index is 2.57. The fraction of sp³-hybridized carbons (Fsp3) is 0.412. The van der Waals surface area contributed by atoms with Crippen molar-refractivity contribution in [3.63, 3.8) is 0 Å². The van der Waals surface area contributed by atoms with Gasteiger partial charge in [-0.05, 0) is 19.9 Å². The number of para-hydroxylation sites is 1. The molecule has 0 bridgehead atoms. The van der Waals surface area contributed by atoms with E-state index >= 15 is 0 Å². The number of carbonyl (C=O) groups is 1. The minimum Gasteiger partial charge on any atom is -0.496 e. The summed E-state index contributed by atoms with van der Waals surface area (Å²) in [6.45, 7) is 4.04. The molecule has 0 N–H and O–H groups in total. The minimum atomic E-state index is -0.970. The molecule has 1 aromatic rings. The molecule has 1 heterocycles. The van der Waals surface area contributed by atoms with Gasteiger partial charge in [-0.25, -0.2) is 5.01 Å². The van der Waals surface area contributed by atoms with Crippen molar-refractivity contribution in [2.24, 2.45) is 16.9 Å². The Hall–Kier alpha value is -2.86. The first-order valence-electron chi connectivity index (χ1n) is 7.37. The molecule has 0 saturated heterocycles. The van der Waals surface area contributed by atoms with Crippen LogP contribution in [-0.4, -0.2) is 30.3 Å². The zero-order valence-electron chi connectivity index (χ0n) is 13.4. The van der Waals surface area contributed by atoms with E-state index in [1.54, 1.807) is 25.1 Å². The normalized spacial score (nSPS) is 18.3. The van der Waals surface area contributed by atoms with E-state index < -0.39 is 17.8 Å². The molecule has 0 aromatic heterocycles. The summed E-state index contributed by atoms with van der Waals surface area (Å²) >= 11 is 0. The molecule has 1 aromatic carbocycles. The molecule has 0 radical (unpaired) electrons. The minimum absolute atomic E-state index is 0.184. The standard InChI is InChI=1S/C17H18N4O2/c1-4-21-17(22)15(11(2)20-21)16(12(9-18)10-19)13-7-5-6-8-14(13)23-3/h5-8,12,15-16H,4H2,1-3H3/t15-,16+/m1/s1. The van der Waals surface area contributed by atoms with Crippen LogP contribution < -0.4 is 4.74 Å². The van der Waals surface area contributed by atoms with Gasteiger partial charge in [-0.1, -0.05) is 18.2 Å². The lowest BCUT2D eigenvalue weighted by molar-refractivity contribution is -0.132. The molecule has 0 saturated carbocycles. The number of nitriles is 2. The molecular weight excluding hydrogens is 292 g/mol. The van der Waals surface area contributed by atoms with E-state index in [-0.39, 0.29) is 5.91 Å². The van der Waals surface area contributed by atoms with E-state index in [4.69, 9.17) is 4.74 Å². The number of amides is 1. The van der Waals surface area contributed by atoms with Gasteiger partial charge in [-0.3, -0.25) is 4.79 Å². The molecule has 118 valence electrons. The van der Waals surface area contributed by atoms with Crippen LogP contribution in [-0.2, 0) is 4.79 Å². The fourth-order valence-corrected chi connectivity index (χ4v) is 2.96. The van der Waals surface area contributed by atoms with Gasteiger partial charge in [0.2, 0.25) is 0 Å². The third kappa shape index (κ3) is 2.89. The lowest BCUT2D eigenvalue weighted by atomic mass is 9.75. The van der Waals surface area contributed by atoms with E-state index in [9.17, 15) is 15.3 Å². The molecule has 1 aliphatic heterocycles. The van der Waals surface area contributed by atoms with E-state index in [2.05, 4.69) is 5.10 Å². The van der Waals surface area contributed by atoms with Crippen LogP contribution in [0.5, 0.6) is 5.75 Å². The Labute approximate surface area is 135 Å². The van der Waals surface area contributed by atoms with Gasteiger partial charge in [-0.2, -0.15) is 15.6 Å². The Morgan fingerprint density at radius 1 is 1.35 bits per heavy atom. The summed E-state index contributed by atoms with van der Waals surface area (Å²) in [6.07, 6.45) is 0. The Morgan fingerprint density at radius 2 is 2.00 bits per heavy atom. The highest BCUT2D eigenvalue weighted by Crippen LogP contribution is 2.40. The SMILES string of the molecule is CCN1N=C(C)[C@H]([C@H](c2ccccc2OC)C(C#N)C#N)C1=O. The molecule has 6 heteroatoms. The molecule has 6 nitrogen and oxygen atoms in total. The van der Waals surface area contributed by atoms with E-state index in [1.165, 1.54) is 12.1 Å². The largest absolute Gasteiger partial charge is 0.496 e. The predicted octanol–water partition coefficient (Wildman–Crippen LogP) is 2.30. The molecular formula is C17H18N4O2. The number of benzene rings is 1. The first kappa shape index (κ1) is 16.5. The smallest absolute Gasteiger partial charge is 0.252 e. The van der Waals surface area contributed by atoms with Crippen molar-refractivity contribution in [1.29, 1.82) is 10.5 Å². The van der Waals surface area contributed by atoms with Crippen molar-refractivity contribution in [1.82, 2.24) is 5.01 Å². The Bertz CT molecular complexity index is 700. The second-order valence-electron chi connectivity index (χ2n) is 5.28. The summed E-state index contributed by atoms with van der Waals surface area (Å²) in [5, 5.41) is 24.4. The molecule has 23 heavy (non-hydrogen) atoms. The molecule has 0 spiro atoms. The molecule has 0 aliphatic carbocycles. The van der Waals surface area contributed by atoms with Crippen LogP contribution in [0.1, 0.15) is 25.3 Å². The molecule has 1 aliphatic rings. The number of hydrogen-bond donors (Lipinski definition) is 0. The van der Waals surface area contributed by atoms with Crippen molar-refractivity contribution in [3.05, 3.63) is 29.8 Å². The fourth-order valence-electron chi connectivity index (χ4n) is 2.96. The summed E-state index contributed by atoms with van der Waals surface area (Å²) < 4.78 is 5.37. The van der Waals surface area contributed by atoms with Gasteiger partial charge < -0.3 is 4.74 Å². The van der Waals surface area contributed by atoms with Gasteiger partial charge in [0.05, 0.1) is 25.2 Å². The molecule has 0 fully saturated rings. The van der Waals surface area contributed by atoms with Crippen LogP contribution >= 0.6 is 0 Å². The van der Waals surface area contributed by atoms with Gasteiger partial charge in [0, 0.05) is 23.7 Å². The van der Waals surface area contributed by atoms with Crippen molar-refractivity contribution in [2.45, 2.75) is 19.8 Å².